The fourth-order valence-electron chi connectivity index (χ4n) is 2.62. The maximum atomic E-state index is 13.6. The number of hydrogen-bond acceptors (Lipinski definition) is 4. The topological polar surface area (TPSA) is 57.3 Å². The summed E-state index contributed by atoms with van der Waals surface area (Å²) < 4.78 is 26.7. The van der Waals surface area contributed by atoms with Crippen LogP contribution in [0.5, 0.6) is 0 Å². The molecular weight excluding hydrogens is 314 g/mol. The van der Waals surface area contributed by atoms with Crippen molar-refractivity contribution >= 4 is 17.4 Å². The van der Waals surface area contributed by atoms with E-state index in [1.807, 2.05) is 6.07 Å². The number of amides is 1. The second kappa shape index (κ2) is 7.35. The number of piperazine rings is 1. The number of aromatic nitrogens is 1. The monoisotopic (exact) mass is 332 g/mol. The van der Waals surface area contributed by atoms with Gasteiger partial charge < -0.3 is 15.5 Å². The number of nitrogens with zero attached hydrogens (tertiary/aromatic N) is 2. The number of rotatable bonds is 4. The number of nitrogens with one attached hydrogen (secondary N) is 2. The first-order valence-corrected chi connectivity index (χ1v) is 7.78. The molecule has 2 N–H and O–H groups in total. The summed E-state index contributed by atoms with van der Waals surface area (Å²) >= 11 is 0. The van der Waals surface area contributed by atoms with Crippen LogP contribution >= 0.6 is 0 Å². The molecule has 2 heterocycles. The Hall–Kier alpha value is -2.54. The van der Waals surface area contributed by atoms with Crippen molar-refractivity contribution in [1.29, 1.82) is 0 Å². The molecule has 0 bridgehead atoms. The summed E-state index contributed by atoms with van der Waals surface area (Å²) in [6.45, 7) is 3.67. The number of hydrogen-bond donors (Lipinski definition) is 2. The van der Waals surface area contributed by atoms with Gasteiger partial charge >= 0.3 is 0 Å². The first-order valence-electron chi connectivity index (χ1n) is 7.78. The molecule has 7 heteroatoms. The quantitative estimate of drug-likeness (QED) is 0.899. The third kappa shape index (κ3) is 3.86. The lowest BCUT2D eigenvalue weighted by Gasteiger charge is -2.29. The second-order valence-electron chi connectivity index (χ2n) is 5.58. The maximum absolute atomic E-state index is 13.6. The Labute approximate surface area is 138 Å². The van der Waals surface area contributed by atoms with E-state index in [9.17, 15) is 13.6 Å². The highest BCUT2D eigenvalue weighted by Crippen LogP contribution is 2.16. The van der Waals surface area contributed by atoms with Crippen molar-refractivity contribution < 1.29 is 13.6 Å². The normalized spacial score (nSPS) is 14.5. The molecule has 3 rings (SSSR count). The Morgan fingerprint density at radius 2 is 2.00 bits per heavy atom. The molecule has 0 saturated carbocycles. The third-order valence-electron chi connectivity index (χ3n) is 3.88. The maximum Gasteiger partial charge on any atom is 0.230 e. The highest BCUT2D eigenvalue weighted by molar-refractivity contribution is 5.91. The largest absolute Gasteiger partial charge is 0.368 e. The van der Waals surface area contributed by atoms with Crippen LogP contribution in [0, 0.1) is 11.6 Å². The van der Waals surface area contributed by atoms with Crippen molar-refractivity contribution in [1.82, 2.24) is 10.3 Å². The van der Waals surface area contributed by atoms with E-state index in [-0.39, 0.29) is 12.0 Å². The van der Waals surface area contributed by atoms with Crippen LogP contribution in [0.1, 0.15) is 5.56 Å². The molecule has 24 heavy (non-hydrogen) atoms. The standard InChI is InChI=1S/C17H18F2N4O/c18-14-3-1-2-12(17(14)19)10-16(24)22-15-5-4-13(11-21-15)23-8-6-20-7-9-23/h1-5,11,20H,6-10H2,(H,21,22,24). The zero-order valence-corrected chi connectivity index (χ0v) is 13.1. The smallest absolute Gasteiger partial charge is 0.230 e. The first kappa shape index (κ1) is 16.3. The molecule has 2 aromatic rings. The van der Waals surface area contributed by atoms with E-state index in [0.717, 1.165) is 37.9 Å². The van der Waals surface area contributed by atoms with Gasteiger partial charge in [-0.05, 0) is 18.2 Å². The number of carbonyl (C=O) groups excluding carboxylic acids is 1. The summed E-state index contributed by atoms with van der Waals surface area (Å²) in [5.41, 5.74) is 1.01. The van der Waals surface area contributed by atoms with Crippen LogP contribution in [-0.4, -0.2) is 37.1 Å². The Morgan fingerprint density at radius 1 is 1.21 bits per heavy atom. The minimum absolute atomic E-state index is 0.0185. The van der Waals surface area contributed by atoms with Gasteiger partial charge in [0.25, 0.3) is 0 Å². The zero-order chi connectivity index (χ0) is 16.9. The Kier molecular flexibility index (Phi) is 5.00. The van der Waals surface area contributed by atoms with Crippen LogP contribution in [0.2, 0.25) is 0 Å². The second-order valence-corrected chi connectivity index (χ2v) is 5.58. The molecule has 1 aliphatic heterocycles. The fraction of sp³-hybridized carbons (Fsp3) is 0.294. The van der Waals surface area contributed by atoms with Gasteiger partial charge in [0.1, 0.15) is 5.82 Å². The molecular formula is C17H18F2N4O. The average Bonchev–Trinajstić information content (AvgIpc) is 2.60. The number of carbonyl (C=O) groups is 1. The summed E-state index contributed by atoms with van der Waals surface area (Å²) in [7, 11) is 0. The van der Waals surface area contributed by atoms with E-state index < -0.39 is 17.5 Å². The van der Waals surface area contributed by atoms with E-state index >= 15 is 0 Å². The fourth-order valence-corrected chi connectivity index (χ4v) is 2.62. The van der Waals surface area contributed by atoms with Crippen molar-refractivity contribution in [3.8, 4) is 0 Å². The molecule has 0 unspecified atom stereocenters. The van der Waals surface area contributed by atoms with Crippen molar-refractivity contribution in [2.24, 2.45) is 0 Å². The van der Waals surface area contributed by atoms with Gasteiger partial charge in [-0.25, -0.2) is 13.8 Å². The Balaban J connectivity index is 1.61. The zero-order valence-electron chi connectivity index (χ0n) is 13.1. The van der Waals surface area contributed by atoms with E-state index in [4.69, 9.17) is 0 Å². The van der Waals surface area contributed by atoms with Crippen LogP contribution < -0.4 is 15.5 Å². The molecule has 0 radical (unpaired) electrons. The van der Waals surface area contributed by atoms with Crippen molar-refractivity contribution in [3.05, 3.63) is 53.7 Å². The molecule has 0 atom stereocenters. The lowest BCUT2D eigenvalue weighted by atomic mass is 10.1. The SMILES string of the molecule is O=C(Cc1cccc(F)c1F)Nc1ccc(N2CCNCC2)cn1. The third-order valence-corrected chi connectivity index (χ3v) is 3.88. The van der Waals surface area contributed by atoms with E-state index in [0.29, 0.717) is 5.82 Å². The number of benzene rings is 1. The number of pyridine rings is 1. The van der Waals surface area contributed by atoms with Crippen LogP contribution in [-0.2, 0) is 11.2 Å². The van der Waals surface area contributed by atoms with Gasteiger partial charge in [0.2, 0.25) is 5.91 Å². The van der Waals surface area contributed by atoms with E-state index in [2.05, 4.69) is 20.5 Å². The molecule has 1 fully saturated rings. The molecule has 1 saturated heterocycles. The first-order chi connectivity index (χ1) is 11.6. The van der Waals surface area contributed by atoms with Gasteiger partial charge in [0.05, 0.1) is 18.3 Å². The summed E-state index contributed by atoms with van der Waals surface area (Å²) in [4.78, 5) is 18.4. The molecule has 1 amide bonds. The summed E-state index contributed by atoms with van der Waals surface area (Å²) in [6, 6.07) is 7.38. The van der Waals surface area contributed by atoms with Gasteiger partial charge in [0.15, 0.2) is 11.6 Å². The van der Waals surface area contributed by atoms with Crippen LogP contribution in [0.15, 0.2) is 36.5 Å². The molecule has 5 nitrogen and oxygen atoms in total. The molecule has 1 aromatic heterocycles. The number of anilines is 2. The van der Waals surface area contributed by atoms with Crippen LogP contribution in [0.3, 0.4) is 0 Å². The number of halogens is 2. The average molecular weight is 332 g/mol. The van der Waals surface area contributed by atoms with Gasteiger partial charge in [-0.1, -0.05) is 12.1 Å². The minimum atomic E-state index is -0.991. The van der Waals surface area contributed by atoms with E-state index in [1.54, 1.807) is 12.3 Å². The predicted molar refractivity (Wildman–Crippen MR) is 88.0 cm³/mol. The Bertz CT molecular complexity index is 715. The Morgan fingerprint density at radius 3 is 2.71 bits per heavy atom. The molecule has 0 spiro atoms. The van der Waals surface area contributed by atoms with E-state index in [1.165, 1.54) is 12.1 Å². The van der Waals surface area contributed by atoms with Gasteiger partial charge in [-0.2, -0.15) is 0 Å². The van der Waals surface area contributed by atoms with Gasteiger partial charge in [-0.3, -0.25) is 4.79 Å². The molecule has 1 aliphatic rings. The molecule has 1 aromatic carbocycles. The van der Waals surface area contributed by atoms with Crippen molar-refractivity contribution in [3.63, 3.8) is 0 Å². The van der Waals surface area contributed by atoms with Gasteiger partial charge in [-0.15, -0.1) is 0 Å². The minimum Gasteiger partial charge on any atom is -0.368 e. The van der Waals surface area contributed by atoms with Crippen molar-refractivity contribution in [2.75, 3.05) is 36.4 Å². The molecule has 0 aliphatic carbocycles. The molecule has 126 valence electrons. The lowest BCUT2D eigenvalue weighted by molar-refractivity contribution is -0.115. The predicted octanol–water partition coefficient (Wildman–Crippen LogP) is 1.95. The van der Waals surface area contributed by atoms with Crippen LogP contribution in [0.4, 0.5) is 20.3 Å². The highest BCUT2D eigenvalue weighted by atomic mass is 19.2. The van der Waals surface area contributed by atoms with Gasteiger partial charge in [0, 0.05) is 31.7 Å². The summed E-state index contributed by atoms with van der Waals surface area (Å²) in [5, 5.41) is 5.87. The lowest BCUT2D eigenvalue weighted by Crippen LogP contribution is -2.43. The highest BCUT2D eigenvalue weighted by Gasteiger charge is 2.13. The summed E-state index contributed by atoms with van der Waals surface area (Å²) in [5.74, 6) is -2.01. The van der Waals surface area contributed by atoms with Crippen molar-refractivity contribution in [2.45, 2.75) is 6.42 Å². The summed E-state index contributed by atoms with van der Waals surface area (Å²) in [6.07, 6.45) is 1.45. The van der Waals surface area contributed by atoms with Crippen LogP contribution in [0.25, 0.3) is 0 Å².